The molecule has 27 heavy (non-hydrogen) atoms. The maximum Gasteiger partial charge on any atom is 0.248 e. The lowest BCUT2D eigenvalue weighted by molar-refractivity contribution is 0.185. The fraction of sp³-hybridized carbons (Fsp3) is 0.381. The number of hydrogen-bond acceptors (Lipinski definition) is 5. The second kappa shape index (κ2) is 8.31. The number of benzene rings is 2. The van der Waals surface area contributed by atoms with Crippen LogP contribution in [0.5, 0.6) is 0 Å². The van der Waals surface area contributed by atoms with Crippen molar-refractivity contribution in [3.05, 3.63) is 65.7 Å². The summed E-state index contributed by atoms with van der Waals surface area (Å²) < 4.78 is 1.71. The minimum Gasteiger partial charge on any atom is -0.349 e. The summed E-state index contributed by atoms with van der Waals surface area (Å²) in [6, 6.07) is 18.7. The quantitative estimate of drug-likeness (QED) is 0.727. The third-order valence-corrected chi connectivity index (χ3v) is 5.23. The van der Waals surface area contributed by atoms with E-state index in [1.165, 1.54) is 37.1 Å². The zero-order chi connectivity index (χ0) is 18.5. The van der Waals surface area contributed by atoms with Crippen LogP contribution in [0.2, 0.25) is 0 Å². The predicted octanol–water partition coefficient (Wildman–Crippen LogP) is 3.51. The first-order valence-electron chi connectivity index (χ1n) is 9.66. The number of hydrogen-bond donors (Lipinski definition) is 1. The highest BCUT2D eigenvalue weighted by atomic mass is 15.6. The van der Waals surface area contributed by atoms with Gasteiger partial charge in [0.25, 0.3) is 0 Å². The molecule has 3 aromatic rings. The summed E-state index contributed by atoms with van der Waals surface area (Å²) in [5, 5.41) is 15.3. The normalized spacial score (nSPS) is 15.7. The Hall–Kier alpha value is -2.73. The molecule has 1 aliphatic heterocycles. The molecule has 1 aliphatic rings. The van der Waals surface area contributed by atoms with Crippen molar-refractivity contribution in [2.75, 3.05) is 18.4 Å². The Kier molecular flexibility index (Phi) is 5.44. The molecule has 0 radical (unpaired) electrons. The van der Waals surface area contributed by atoms with Crippen molar-refractivity contribution < 1.29 is 0 Å². The van der Waals surface area contributed by atoms with Gasteiger partial charge in [-0.1, -0.05) is 54.5 Å². The van der Waals surface area contributed by atoms with Gasteiger partial charge in [-0.2, -0.15) is 4.68 Å². The van der Waals surface area contributed by atoms with Crippen LogP contribution < -0.4 is 5.32 Å². The molecule has 0 bridgehead atoms. The van der Waals surface area contributed by atoms with Crippen LogP contribution in [0.1, 0.15) is 30.9 Å². The van der Waals surface area contributed by atoms with E-state index >= 15 is 0 Å². The van der Waals surface area contributed by atoms with Gasteiger partial charge in [0, 0.05) is 13.1 Å². The van der Waals surface area contributed by atoms with Crippen molar-refractivity contribution >= 4 is 5.95 Å². The zero-order valence-electron chi connectivity index (χ0n) is 15.8. The molecule has 0 atom stereocenters. The lowest BCUT2D eigenvalue weighted by Gasteiger charge is -2.30. The highest BCUT2D eigenvalue weighted by Gasteiger charge is 2.15. The summed E-state index contributed by atoms with van der Waals surface area (Å²) in [5.74, 6) is 1.52. The molecule has 6 heteroatoms. The third-order valence-electron chi connectivity index (χ3n) is 5.23. The van der Waals surface area contributed by atoms with Crippen LogP contribution in [0.15, 0.2) is 54.6 Å². The molecule has 140 valence electrons. The number of likely N-dealkylation sites (tertiary alicyclic amines) is 1. The van der Waals surface area contributed by atoms with E-state index in [2.05, 4.69) is 56.9 Å². The summed E-state index contributed by atoms with van der Waals surface area (Å²) >= 11 is 0. The maximum absolute atomic E-state index is 4.09. The average molecular weight is 362 g/mol. The number of aromatic nitrogens is 4. The number of nitrogens with zero attached hydrogens (tertiary/aromatic N) is 5. The number of tetrazole rings is 1. The van der Waals surface area contributed by atoms with Gasteiger partial charge in [-0.25, -0.2) is 0 Å². The number of rotatable bonds is 6. The average Bonchev–Trinajstić information content (AvgIpc) is 3.19. The van der Waals surface area contributed by atoms with Gasteiger partial charge < -0.3 is 5.32 Å². The van der Waals surface area contributed by atoms with Crippen LogP contribution in [-0.4, -0.2) is 38.2 Å². The maximum atomic E-state index is 4.09. The van der Waals surface area contributed by atoms with Crippen LogP contribution in [0, 0.1) is 5.92 Å². The largest absolute Gasteiger partial charge is 0.349 e. The molecule has 0 saturated carbocycles. The smallest absolute Gasteiger partial charge is 0.248 e. The molecule has 0 amide bonds. The fourth-order valence-electron chi connectivity index (χ4n) is 3.46. The molecule has 1 fully saturated rings. The van der Waals surface area contributed by atoms with Gasteiger partial charge >= 0.3 is 0 Å². The molecule has 2 heterocycles. The van der Waals surface area contributed by atoms with E-state index in [1.54, 1.807) is 4.68 Å². The number of piperidine rings is 1. The zero-order valence-corrected chi connectivity index (χ0v) is 15.8. The highest BCUT2D eigenvalue weighted by Crippen LogP contribution is 2.18. The molecular formula is C21H26N6. The van der Waals surface area contributed by atoms with E-state index in [4.69, 9.17) is 0 Å². The number of nitrogens with one attached hydrogen (secondary N) is 1. The van der Waals surface area contributed by atoms with Crippen LogP contribution >= 0.6 is 0 Å². The monoisotopic (exact) mass is 362 g/mol. The molecule has 1 N–H and O–H groups in total. The SMILES string of the molecule is CC1CCN(Cc2ccc(CNc3nnnn3-c3ccccc3)cc2)CC1. The first kappa shape index (κ1) is 17.7. The van der Waals surface area contributed by atoms with Gasteiger partial charge in [-0.3, -0.25) is 4.90 Å². The van der Waals surface area contributed by atoms with Gasteiger partial charge in [0.1, 0.15) is 0 Å². The van der Waals surface area contributed by atoms with Crippen LogP contribution in [0.3, 0.4) is 0 Å². The van der Waals surface area contributed by atoms with E-state index < -0.39 is 0 Å². The van der Waals surface area contributed by atoms with Crippen molar-refractivity contribution in [2.24, 2.45) is 5.92 Å². The molecule has 0 unspecified atom stereocenters. The second-order valence-electron chi connectivity index (χ2n) is 7.38. The van der Waals surface area contributed by atoms with E-state index in [0.29, 0.717) is 12.5 Å². The van der Waals surface area contributed by atoms with Gasteiger partial charge in [0.05, 0.1) is 5.69 Å². The summed E-state index contributed by atoms with van der Waals surface area (Å²) in [6.07, 6.45) is 2.64. The van der Waals surface area contributed by atoms with E-state index in [9.17, 15) is 0 Å². The molecule has 4 rings (SSSR count). The minimum absolute atomic E-state index is 0.646. The lowest BCUT2D eigenvalue weighted by Crippen LogP contribution is -2.32. The van der Waals surface area contributed by atoms with Crippen LogP contribution in [-0.2, 0) is 13.1 Å². The van der Waals surface area contributed by atoms with E-state index in [1.807, 2.05) is 30.3 Å². The molecule has 6 nitrogen and oxygen atoms in total. The van der Waals surface area contributed by atoms with Gasteiger partial charge in [-0.15, -0.1) is 0 Å². The standard InChI is InChI=1S/C21H26N6/c1-17-11-13-26(14-12-17)16-19-9-7-18(8-10-19)15-22-21-23-24-25-27(21)20-5-3-2-4-6-20/h2-10,17H,11-16H2,1H3,(H,22,23,25). The molecule has 0 spiro atoms. The number of para-hydroxylation sites is 1. The molecular weight excluding hydrogens is 336 g/mol. The molecule has 0 aliphatic carbocycles. The van der Waals surface area contributed by atoms with E-state index in [0.717, 1.165) is 18.2 Å². The summed E-state index contributed by atoms with van der Waals surface area (Å²) in [4.78, 5) is 2.56. The van der Waals surface area contributed by atoms with Crippen molar-refractivity contribution in [3.8, 4) is 5.69 Å². The molecule has 2 aromatic carbocycles. The Morgan fingerprint density at radius 1 is 0.963 bits per heavy atom. The first-order valence-corrected chi connectivity index (χ1v) is 9.66. The van der Waals surface area contributed by atoms with Crippen molar-refractivity contribution in [1.82, 2.24) is 25.1 Å². The minimum atomic E-state index is 0.646. The Labute approximate surface area is 160 Å². The van der Waals surface area contributed by atoms with Crippen molar-refractivity contribution in [2.45, 2.75) is 32.9 Å². The fourth-order valence-corrected chi connectivity index (χ4v) is 3.46. The Morgan fingerprint density at radius 2 is 1.67 bits per heavy atom. The number of anilines is 1. The summed E-state index contributed by atoms with van der Waals surface area (Å²) in [6.45, 7) is 6.52. The van der Waals surface area contributed by atoms with E-state index in [-0.39, 0.29) is 0 Å². The predicted molar refractivity (Wildman–Crippen MR) is 107 cm³/mol. The van der Waals surface area contributed by atoms with Crippen LogP contribution in [0.25, 0.3) is 5.69 Å². The van der Waals surface area contributed by atoms with Gasteiger partial charge in [-0.05, 0) is 65.5 Å². The first-order chi connectivity index (χ1) is 13.3. The third kappa shape index (κ3) is 4.52. The topological polar surface area (TPSA) is 58.9 Å². The van der Waals surface area contributed by atoms with Crippen LogP contribution in [0.4, 0.5) is 5.95 Å². The Morgan fingerprint density at radius 3 is 2.41 bits per heavy atom. The summed E-state index contributed by atoms with van der Waals surface area (Å²) in [7, 11) is 0. The lowest BCUT2D eigenvalue weighted by atomic mass is 9.99. The second-order valence-corrected chi connectivity index (χ2v) is 7.38. The van der Waals surface area contributed by atoms with Crippen molar-refractivity contribution in [3.63, 3.8) is 0 Å². The van der Waals surface area contributed by atoms with Gasteiger partial charge in [0.2, 0.25) is 5.95 Å². The van der Waals surface area contributed by atoms with Gasteiger partial charge in [0.15, 0.2) is 0 Å². The molecule has 1 saturated heterocycles. The Balaban J connectivity index is 1.34. The highest BCUT2D eigenvalue weighted by molar-refractivity contribution is 5.39. The summed E-state index contributed by atoms with van der Waals surface area (Å²) in [5.41, 5.74) is 3.53. The Bertz CT molecular complexity index is 835. The molecule has 1 aromatic heterocycles. The van der Waals surface area contributed by atoms with Crippen molar-refractivity contribution in [1.29, 1.82) is 0 Å².